The molecular formula is C7H11N3. The van der Waals surface area contributed by atoms with E-state index in [0.717, 1.165) is 19.4 Å². The third-order valence-corrected chi connectivity index (χ3v) is 1.29. The SMILES string of the molecule is C=CCCCn1cnnc1. The summed E-state index contributed by atoms with van der Waals surface area (Å²) in [4.78, 5) is 0. The lowest BCUT2D eigenvalue weighted by Crippen LogP contribution is -1.92. The zero-order valence-corrected chi connectivity index (χ0v) is 5.90. The lowest BCUT2D eigenvalue weighted by atomic mass is 10.3. The molecule has 0 bridgehead atoms. The summed E-state index contributed by atoms with van der Waals surface area (Å²) in [5, 5.41) is 7.38. The molecule has 3 nitrogen and oxygen atoms in total. The topological polar surface area (TPSA) is 30.7 Å². The van der Waals surface area contributed by atoms with Crippen molar-refractivity contribution >= 4 is 0 Å². The highest BCUT2D eigenvalue weighted by Crippen LogP contribution is 1.93. The van der Waals surface area contributed by atoms with Crippen molar-refractivity contribution in [2.45, 2.75) is 19.4 Å². The number of nitrogens with zero attached hydrogens (tertiary/aromatic N) is 3. The van der Waals surface area contributed by atoms with Crippen LogP contribution in [0, 0.1) is 0 Å². The second kappa shape index (κ2) is 3.82. The van der Waals surface area contributed by atoms with E-state index < -0.39 is 0 Å². The van der Waals surface area contributed by atoms with Crippen molar-refractivity contribution in [3.05, 3.63) is 25.3 Å². The number of unbranched alkanes of at least 4 members (excludes halogenated alkanes) is 1. The van der Waals surface area contributed by atoms with Gasteiger partial charge in [0.05, 0.1) is 0 Å². The van der Waals surface area contributed by atoms with Crippen LogP contribution in [0.5, 0.6) is 0 Å². The second-order valence-electron chi connectivity index (χ2n) is 2.13. The highest BCUT2D eigenvalue weighted by Gasteiger charge is 1.87. The van der Waals surface area contributed by atoms with Gasteiger partial charge in [-0.3, -0.25) is 0 Å². The molecule has 1 aromatic rings. The minimum Gasteiger partial charge on any atom is -0.320 e. The maximum atomic E-state index is 3.69. The molecule has 1 rings (SSSR count). The molecule has 0 spiro atoms. The molecule has 54 valence electrons. The Labute approximate surface area is 60.4 Å². The number of aryl methyl sites for hydroxylation is 1. The van der Waals surface area contributed by atoms with Crippen molar-refractivity contribution in [1.82, 2.24) is 14.8 Å². The fourth-order valence-corrected chi connectivity index (χ4v) is 0.756. The standard InChI is InChI=1S/C7H11N3/c1-2-3-4-5-10-6-8-9-7-10/h2,6-7H,1,3-5H2. The van der Waals surface area contributed by atoms with Gasteiger partial charge in [-0.05, 0) is 12.8 Å². The van der Waals surface area contributed by atoms with Gasteiger partial charge in [-0.1, -0.05) is 6.08 Å². The van der Waals surface area contributed by atoms with Crippen molar-refractivity contribution in [3.63, 3.8) is 0 Å². The number of rotatable bonds is 4. The van der Waals surface area contributed by atoms with Gasteiger partial charge in [-0.2, -0.15) is 0 Å². The summed E-state index contributed by atoms with van der Waals surface area (Å²) in [6.45, 7) is 4.62. The number of allylic oxidation sites excluding steroid dienone is 1. The van der Waals surface area contributed by atoms with Crippen molar-refractivity contribution in [2.75, 3.05) is 0 Å². The Morgan fingerprint density at radius 2 is 2.10 bits per heavy atom. The number of hydrogen-bond acceptors (Lipinski definition) is 2. The van der Waals surface area contributed by atoms with E-state index in [2.05, 4.69) is 16.8 Å². The van der Waals surface area contributed by atoms with Crippen LogP contribution in [-0.4, -0.2) is 14.8 Å². The van der Waals surface area contributed by atoms with Gasteiger partial charge >= 0.3 is 0 Å². The lowest BCUT2D eigenvalue weighted by Gasteiger charge is -1.95. The Bertz CT molecular complexity index is 179. The molecule has 0 atom stereocenters. The average Bonchev–Trinajstić information content (AvgIpc) is 2.41. The Morgan fingerprint density at radius 3 is 2.70 bits per heavy atom. The van der Waals surface area contributed by atoms with E-state index in [0.29, 0.717) is 0 Å². The summed E-state index contributed by atoms with van der Waals surface area (Å²) in [5.74, 6) is 0. The summed E-state index contributed by atoms with van der Waals surface area (Å²) in [6, 6.07) is 0. The Morgan fingerprint density at radius 1 is 1.40 bits per heavy atom. The molecule has 3 heteroatoms. The molecule has 0 saturated carbocycles. The fraction of sp³-hybridized carbons (Fsp3) is 0.429. The first-order valence-electron chi connectivity index (χ1n) is 3.37. The van der Waals surface area contributed by atoms with E-state index in [-0.39, 0.29) is 0 Å². The zero-order valence-electron chi connectivity index (χ0n) is 5.90. The molecule has 0 fully saturated rings. The normalized spacial score (nSPS) is 9.60. The molecule has 0 radical (unpaired) electrons. The predicted molar refractivity (Wildman–Crippen MR) is 39.5 cm³/mol. The fourth-order valence-electron chi connectivity index (χ4n) is 0.756. The molecular weight excluding hydrogens is 126 g/mol. The average molecular weight is 137 g/mol. The number of hydrogen-bond donors (Lipinski definition) is 0. The summed E-state index contributed by atoms with van der Waals surface area (Å²) in [5.41, 5.74) is 0. The minimum absolute atomic E-state index is 0.985. The maximum absolute atomic E-state index is 3.69. The molecule has 10 heavy (non-hydrogen) atoms. The molecule has 0 saturated heterocycles. The van der Waals surface area contributed by atoms with Gasteiger partial charge in [0.2, 0.25) is 0 Å². The molecule has 0 aromatic carbocycles. The van der Waals surface area contributed by atoms with Crippen LogP contribution in [0.2, 0.25) is 0 Å². The third kappa shape index (κ3) is 2.01. The molecule has 0 N–H and O–H groups in total. The molecule has 0 aliphatic heterocycles. The molecule has 1 heterocycles. The van der Waals surface area contributed by atoms with Crippen LogP contribution < -0.4 is 0 Å². The van der Waals surface area contributed by atoms with Crippen LogP contribution in [0.1, 0.15) is 12.8 Å². The third-order valence-electron chi connectivity index (χ3n) is 1.29. The van der Waals surface area contributed by atoms with Crippen LogP contribution >= 0.6 is 0 Å². The van der Waals surface area contributed by atoms with Crippen LogP contribution in [0.3, 0.4) is 0 Å². The van der Waals surface area contributed by atoms with Crippen LogP contribution in [-0.2, 0) is 6.54 Å². The minimum atomic E-state index is 0.985. The first-order chi connectivity index (χ1) is 4.93. The quantitative estimate of drug-likeness (QED) is 0.462. The maximum Gasteiger partial charge on any atom is 0.119 e. The van der Waals surface area contributed by atoms with Gasteiger partial charge < -0.3 is 4.57 Å². The van der Waals surface area contributed by atoms with Gasteiger partial charge in [0.25, 0.3) is 0 Å². The van der Waals surface area contributed by atoms with E-state index in [1.165, 1.54) is 0 Å². The second-order valence-corrected chi connectivity index (χ2v) is 2.13. The van der Waals surface area contributed by atoms with Crippen LogP contribution in [0.4, 0.5) is 0 Å². The van der Waals surface area contributed by atoms with E-state index in [4.69, 9.17) is 0 Å². The molecule has 1 aromatic heterocycles. The van der Waals surface area contributed by atoms with Crippen molar-refractivity contribution < 1.29 is 0 Å². The van der Waals surface area contributed by atoms with Crippen molar-refractivity contribution in [1.29, 1.82) is 0 Å². The van der Waals surface area contributed by atoms with Gasteiger partial charge in [0, 0.05) is 6.54 Å². The van der Waals surface area contributed by atoms with Gasteiger partial charge in [-0.15, -0.1) is 16.8 Å². The lowest BCUT2D eigenvalue weighted by molar-refractivity contribution is 0.648. The highest BCUT2D eigenvalue weighted by atomic mass is 15.2. The summed E-state index contributed by atoms with van der Waals surface area (Å²) in [6.07, 6.45) is 7.54. The largest absolute Gasteiger partial charge is 0.320 e. The van der Waals surface area contributed by atoms with Gasteiger partial charge in [0.1, 0.15) is 12.7 Å². The smallest absolute Gasteiger partial charge is 0.119 e. The van der Waals surface area contributed by atoms with Gasteiger partial charge in [0.15, 0.2) is 0 Å². The van der Waals surface area contributed by atoms with Gasteiger partial charge in [-0.25, -0.2) is 0 Å². The molecule has 0 aliphatic carbocycles. The van der Waals surface area contributed by atoms with Crippen LogP contribution in [0.15, 0.2) is 25.3 Å². The zero-order chi connectivity index (χ0) is 7.23. The molecule has 0 aliphatic rings. The first-order valence-corrected chi connectivity index (χ1v) is 3.37. The van der Waals surface area contributed by atoms with Crippen molar-refractivity contribution in [2.24, 2.45) is 0 Å². The number of aromatic nitrogens is 3. The highest BCUT2D eigenvalue weighted by molar-refractivity contribution is 4.67. The first kappa shape index (κ1) is 6.99. The van der Waals surface area contributed by atoms with E-state index in [9.17, 15) is 0 Å². The Kier molecular flexibility index (Phi) is 2.67. The van der Waals surface area contributed by atoms with E-state index in [1.54, 1.807) is 12.7 Å². The van der Waals surface area contributed by atoms with Crippen LogP contribution in [0.25, 0.3) is 0 Å². The Balaban J connectivity index is 2.21. The predicted octanol–water partition coefficient (Wildman–Crippen LogP) is 1.24. The Hall–Kier alpha value is -1.12. The molecule has 0 unspecified atom stereocenters. The summed E-state index contributed by atoms with van der Waals surface area (Å²) >= 11 is 0. The van der Waals surface area contributed by atoms with Crippen molar-refractivity contribution in [3.8, 4) is 0 Å². The van der Waals surface area contributed by atoms with E-state index in [1.807, 2.05) is 10.6 Å². The van der Waals surface area contributed by atoms with E-state index >= 15 is 0 Å². The monoisotopic (exact) mass is 137 g/mol. The summed E-state index contributed by atoms with van der Waals surface area (Å²) in [7, 11) is 0. The summed E-state index contributed by atoms with van der Waals surface area (Å²) < 4.78 is 1.96. The molecule has 0 amide bonds.